The van der Waals surface area contributed by atoms with E-state index in [-0.39, 0.29) is 33.7 Å². The van der Waals surface area contributed by atoms with Crippen LogP contribution in [-0.4, -0.2) is 77.2 Å². The lowest BCUT2D eigenvalue weighted by Crippen LogP contribution is -2.68. The van der Waals surface area contributed by atoms with Gasteiger partial charge in [0.05, 0.1) is 12.5 Å². The molecule has 3 fully saturated rings. The molecule has 1 aromatic rings. The number of fused-ring (bicyclic) bond motifs is 1. The molecule has 1 aromatic carbocycles. The van der Waals surface area contributed by atoms with E-state index in [1.165, 1.54) is 11.8 Å². The van der Waals surface area contributed by atoms with Crippen molar-refractivity contribution in [3.05, 3.63) is 29.8 Å². The van der Waals surface area contributed by atoms with Crippen LogP contribution in [-0.2, 0) is 9.59 Å². The Balaban J connectivity index is 1.56. The first-order valence-corrected chi connectivity index (χ1v) is 12.6. The number of benzene rings is 1. The van der Waals surface area contributed by atoms with Crippen LogP contribution < -0.4 is 5.32 Å². The summed E-state index contributed by atoms with van der Waals surface area (Å²) in [5.41, 5.74) is 0.774. The van der Waals surface area contributed by atoms with E-state index >= 15 is 0 Å². The third-order valence-corrected chi connectivity index (χ3v) is 8.86. The summed E-state index contributed by atoms with van der Waals surface area (Å²) < 4.78 is 0.818. The molecule has 4 rings (SSSR count). The van der Waals surface area contributed by atoms with Gasteiger partial charge < -0.3 is 20.2 Å². The molecular weight excluding hydrogens is 452 g/mol. The van der Waals surface area contributed by atoms with Gasteiger partial charge in [0.1, 0.15) is 27.5 Å². The molecule has 3 aliphatic heterocycles. The lowest BCUT2D eigenvalue weighted by molar-refractivity contribution is -0.149. The zero-order chi connectivity index (χ0) is 22.5. The van der Waals surface area contributed by atoms with Crippen molar-refractivity contribution >= 4 is 51.9 Å². The molecule has 3 atom stereocenters. The van der Waals surface area contributed by atoms with Gasteiger partial charge in [-0.2, -0.15) is 0 Å². The zero-order valence-corrected chi connectivity index (χ0v) is 20.5. The number of hydrogen-bond donors (Lipinski definition) is 2. The van der Waals surface area contributed by atoms with Crippen LogP contribution in [0, 0.1) is 0 Å². The minimum atomic E-state index is -0.585. The molecule has 3 saturated heterocycles. The van der Waals surface area contributed by atoms with Crippen molar-refractivity contribution in [2.75, 3.05) is 19.1 Å². The summed E-state index contributed by atoms with van der Waals surface area (Å²) in [6.45, 7) is 9.63. The first kappa shape index (κ1) is 22.7. The summed E-state index contributed by atoms with van der Waals surface area (Å²) in [5, 5.41) is 12.7. The van der Waals surface area contributed by atoms with Gasteiger partial charge in [-0.05, 0) is 45.4 Å². The number of phenolic OH excluding ortho intramolecular Hbond substituents is 1. The van der Waals surface area contributed by atoms with Gasteiger partial charge in [-0.15, -0.1) is 11.8 Å². The molecule has 2 N–H and O–H groups in total. The minimum absolute atomic E-state index is 0.00681. The Bertz CT molecular complexity index is 892. The number of carbonyl (C=O) groups excluding carboxylic acids is 2. The Morgan fingerprint density at radius 3 is 2.61 bits per heavy atom. The van der Waals surface area contributed by atoms with Gasteiger partial charge in [0.2, 0.25) is 11.8 Å². The number of phenols is 1. The molecule has 7 nitrogen and oxygen atoms in total. The van der Waals surface area contributed by atoms with Crippen LogP contribution >= 0.6 is 35.7 Å². The maximum Gasteiger partial charge on any atom is 0.249 e. The number of thiocarbonyl (C=S) groups is 1. The molecule has 0 bridgehead atoms. The zero-order valence-electron chi connectivity index (χ0n) is 18.1. The van der Waals surface area contributed by atoms with E-state index in [1.54, 1.807) is 36.0 Å². The van der Waals surface area contributed by atoms with Crippen molar-refractivity contribution in [3.8, 4) is 5.75 Å². The van der Waals surface area contributed by atoms with Gasteiger partial charge in [-0.1, -0.05) is 36.1 Å². The Hall–Kier alpha value is -1.49. The molecule has 31 heavy (non-hydrogen) atoms. The fourth-order valence-electron chi connectivity index (χ4n) is 4.19. The predicted octanol–water partition coefficient (Wildman–Crippen LogP) is 2.57. The van der Waals surface area contributed by atoms with E-state index in [0.717, 1.165) is 9.88 Å². The van der Waals surface area contributed by atoms with E-state index in [4.69, 9.17) is 12.2 Å². The first-order valence-electron chi connectivity index (χ1n) is 10.3. The van der Waals surface area contributed by atoms with E-state index in [9.17, 15) is 14.7 Å². The molecule has 3 unspecified atom stereocenters. The van der Waals surface area contributed by atoms with Gasteiger partial charge in [0, 0.05) is 17.3 Å². The van der Waals surface area contributed by atoms with E-state index < -0.39 is 12.1 Å². The number of nitrogens with zero attached hydrogens (tertiary/aromatic N) is 3. The fourth-order valence-corrected chi connectivity index (χ4v) is 7.05. The third kappa shape index (κ3) is 4.40. The standard InChI is InChI=1S/C21H28N4O3S3/c1-12(2)25-10-23(11-30-20(25)29)16(13-5-7-14(26)8-6-13)17(27)22-15-18(28)24-9-21(3,4)31-19(15)24/h5-8,12,15-16,19,26H,9-11H2,1-4H3,(H,22,27). The average Bonchev–Trinajstić information content (AvgIpc) is 3.00. The molecule has 0 aliphatic carbocycles. The summed E-state index contributed by atoms with van der Waals surface area (Å²) in [5.74, 6) is 0.511. The lowest BCUT2D eigenvalue weighted by Gasteiger charge is -2.44. The number of nitrogens with one attached hydrogen (secondary N) is 1. The van der Waals surface area contributed by atoms with Crippen molar-refractivity contribution < 1.29 is 14.7 Å². The normalized spacial score (nSPS) is 26.6. The molecule has 0 radical (unpaired) electrons. The highest BCUT2D eigenvalue weighted by Crippen LogP contribution is 2.46. The van der Waals surface area contributed by atoms with Crippen molar-refractivity contribution in [3.63, 3.8) is 0 Å². The summed E-state index contributed by atoms with van der Waals surface area (Å²) >= 11 is 8.77. The Morgan fingerprint density at radius 2 is 1.97 bits per heavy atom. The van der Waals surface area contributed by atoms with Crippen LogP contribution in [0.3, 0.4) is 0 Å². The largest absolute Gasteiger partial charge is 0.508 e. The minimum Gasteiger partial charge on any atom is -0.508 e. The van der Waals surface area contributed by atoms with Crippen molar-refractivity contribution in [1.29, 1.82) is 0 Å². The maximum atomic E-state index is 13.5. The van der Waals surface area contributed by atoms with E-state index in [2.05, 4.69) is 42.8 Å². The molecule has 0 saturated carbocycles. The van der Waals surface area contributed by atoms with Crippen LogP contribution in [0.4, 0.5) is 0 Å². The van der Waals surface area contributed by atoms with Gasteiger partial charge in [-0.3, -0.25) is 14.5 Å². The van der Waals surface area contributed by atoms with Crippen molar-refractivity contribution in [2.45, 2.75) is 55.9 Å². The number of aromatic hydroxyl groups is 1. The second-order valence-corrected chi connectivity index (χ2v) is 12.5. The fraction of sp³-hybridized carbons (Fsp3) is 0.571. The van der Waals surface area contributed by atoms with E-state index in [1.807, 2.05) is 4.90 Å². The quantitative estimate of drug-likeness (QED) is 0.492. The molecule has 3 heterocycles. The number of amides is 2. The Morgan fingerprint density at radius 1 is 1.29 bits per heavy atom. The summed E-state index contributed by atoms with van der Waals surface area (Å²) in [6.07, 6.45) is 0. The molecule has 0 spiro atoms. The molecule has 168 valence electrons. The Labute approximate surface area is 196 Å². The highest BCUT2D eigenvalue weighted by Gasteiger charge is 2.56. The maximum absolute atomic E-state index is 13.5. The summed E-state index contributed by atoms with van der Waals surface area (Å²) in [7, 11) is 0. The third-order valence-electron chi connectivity index (χ3n) is 5.80. The highest BCUT2D eigenvalue weighted by molar-refractivity contribution is 8.22. The monoisotopic (exact) mass is 480 g/mol. The molecular formula is C21H28N4O3S3. The molecule has 0 aromatic heterocycles. The number of β-lactam (4-membered cyclic amide) rings is 1. The number of thioether (sulfide) groups is 2. The van der Waals surface area contributed by atoms with Crippen LogP contribution in [0.5, 0.6) is 5.75 Å². The second-order valence-electron chi connectivity index (χ2n) is 9.05. The number of carbonyl (C=O) groups is 2. The van der Waals surface area contributed by atoms with Gasteiger partial charge >= 0.3 is 0 Å². The van der Waals surface area contributed by atoms with Crippen LogP contribution in [0.15, 0.2) is 24.3 Å². The Kier molecular flexibility index (Phi) is 6.19. The number of hydrogen-bond acceptors (Lipinski definition) is 7. The first-order chi connectivity index (χ1) is 14.6. The second kappa shape index (κ2) is 8.46. The van der Waals surface area contributed by atoms with Gasteiger partial charge in [-0.25, -0.2) is 0 Å². The summed E-state index contributed by atoms with van der Waals surface area (Å²) in [6, 6.07) is 5.83. The number of rotatable bonds is 5. The summed E-state index contributed by atoms with van der Waals surface area (Å²) in [4.78, 5) is 32.2. The smallest absolute Gasteiger partial charge is 0.249 e. The topological polar surface area (TPSA) is 76.1 Å². The van der Waals surface area contributed by atoms with Crippen LogP contribution in [0.1, 0.15) is 39.3 Å². The average molecular weight is 481 g/mol. The molecule has 3 aliphatic rings. The van der Waals surface area contributed by atoms with E-state index in [0.29, 0.717) is 19.1 Å². The van der Waals surface area contributed by atoms with Crippen LogP contribution in [0.25, 0.3) is 0 Å². The molecule has 2 amide bonds. The predicted molar refractivity (Wildman–Crippen MR) is 129 cm³/mol. The van der Waals surface area contributed by atoms with Crippen molar-refractivity contribution in [2.24, 2.45) is 0 Å². The molecule has 10 heteroatoms. The highest BCUT2D eigenvalue weighted by atomic mass is 32.2. The van der Waals surface area contributed by atoms with Crippen LogP contribution in [0.2, 0.25) is 0 Å². The van der Waals surface area contributed by atoms with Gasteiger partial charge in [0.25, 0.3) is 0 Å². The van der Waals surface area contributed by atoms with Gasteiger partial charge in [0.15, 0.2) is 0 Å². The SMILES string of the molecule is CC(C)N1CN(C(C(=O)NC2C(=O)N3CC(C)(C)SC23)c2ccc(O)cc2)CSC1=S. The van der Waals surface area contributed by atoms with Crippen molar-refractivity contribution in [1.82, 2.24) is 20.0 Å². The lowest BCUT2D eigenvalue weighted by atomic mass is 10.0.